The van der Waals surface area contributed by atoms with Crippen LogP contribution in [0.4, 0.5) is 0 Å². The van der Waals surface area contributed by atoms with Crippen molar-refractivity contribution >= 4 is 22.6 Å². The summed E-state index contributed by atoms with van der Waals surface area (Å²) in [7, 11) is 0. The van der Waals surface area contributed by atoms with Crippen molar-refractivity contribution in [3.63, 3.8) is 0 Å². The Morgan fingerprint density at radius 2 is 1.82 bits per heavy atom. The highest BCUT2D eigenvalue weighted by molar-refractivity contribution is 6.45. The molecule has 2 N–H and O–H groups in total. The minimum atomic E-state index is -0.632. The number of H-pyrrole nitrogens is 1. The van der Waals surface area contributed by atoms with Gasteiger partial charge in [-0.15, -0.1) is 0 Å². The number of hydrogen-bond donors (Lipinski definition) is 2. The summed E-state index contributed by atoms with van der Waals surface area (Å²) in [6.45, 7) is 4.85. The summed E-state index contributed by atoms with van der Waals surface area (Å²) in [5.41, 5.74) is 2.79. The maximum Gasteiger partial charge on any atom is 0.292 e. The van der Waals surface area contributed by atoms with Crippen LogP contribution in [-0.4, -0.2) is 29.9 Å². The fraction of sp³-hybridized carbons (Fsp3) is 0.273. The molecule has 144 valence electrons. The van der Waals surface area contributed by atoms with Crippen molar-refractivity contribution in [2.45, 2.75) is 26.3 Å². The van der Waals surface area contributed by atoms with Crippen LogP contribution >= 0.6 is 0 Å². The van der Waals surface area contributed by atoms with E-state index >= 15 is 0 Å². The van der Waals surface area contributed by atoms with E-state index < -0.39 is 11.7 Å². The smallest absolute Gasteiger partial charge is 0.292 e. The van der Waals surface area contributed by atoms with E-state index in [9.17, 15) is 9.59 Å². The maximum absolute atomic E-state index is 12.8. The molecule has 0 unspecified atom stereocenters. The number of Topliss-reactive ketones (excluding diaryl/α,β-unsaturated/α-hetero) is 1. The molecule has 2 aromatic carbocycles. The molecule has 1 atom stereocenters. The van der Waals surface area contributed by atoms with E-state index in [4.69, 9.17) is 9.47 Å². The number of carbonyl (C=O) groups excluding carboxylic acids is 2. The Balaban J connectivity index is 1.54. The van der Waals surface area contributed by atoms with Gasteiger partial charge in [-0.2, -0.15) is 0 Å². The Hall–Kier alpha value is -3.28. The summed E-state index contributed by atoms with van der Waals surface area (Å²) >= 11 is 0. The number of ketones is 1. The van der Waals surface area contributed by atoms with Gasteiger partial charge in [0, 0.05) is 23.0 Å². The molecule has 1 aliphatic heterocycles. The van der Waals surface area contributed by atoms with Crippen molar-refractivity contribution in [1.82, 2.24) is 10.3 Å². The Kier molecular flexibility index (Phi) is 4.77. The summed E-state index contributed by atoms with van der Waals surface area (Å²) in [6.07, 6.45) is 0.828. The van der Waals surface area contributed by atoms with Gasteiger partial charge < -0.3 is 19.8 Å². The van der Waals surface area contributed by atoms with Crippen molar-refractivity contribution in [2.75, 3.05) is 13.2 Å². The van der Waals surface area contributed by atoms with Crippen LogP contribution in [0.3, 0.4) is 0 Å². The molecule has 0 saturated carbocycles. The lowest BCUT2D eigenvalue weighted by Crippen LogP contribution is -2.33. The molecule has 0 fully saturated rings. The molecule has 6 heteroatoms. The summed E-state index contributed by atoms with van der Waals surface area (Å²) in [5.74, 6) is 0.184. The summed E-state index contributed by atoms with van der Waals surface area (Å²) in [5, 5.41) is 3.55. The van der Waals surface area contributed by atoms with E-state index in [0.29, 0.717) is 36.0 Å². The molecule has 6 nitrogen and oxygen atoms in total. The first-order valence-electron chi connectivity index (χ1n) is 9.36. The lowest BCUT2D eigenvalue weighted by atomic mass is 10.0. The van der Waals surface area contributed by atoms with Crippen molar-refractivity contribution < 1.29 is 19.1 Å². The summed E-state index contributed by atoms with van der Waals surface area (Å²) in [4.78, 5) is 28.6. The van der Waals surface area contributed by atoms with Crippen LogP contribution in [0, 0.1) is 6.92 Å². The minimum absolute atomic E-state index is 0.348. The van der Waals surface area contributed by atoms with Gasteiger partial charge in [-0.3, -0.25) is 9.59 Å². The summed E-state index contributed by atoms with van der Waals surface area (Å²) in [6, 6.07) is 12.7. The average Bonchev–Trinajstić information content (AvgIpc) is 2.86. The molecule has 0 bridgehead atoms. The largest absolute Gasteiger partial charge is 0.490 e. The Labute approximate surface area is 162 Å². The lowest BCUT2D eigenvalue weighted by molar-refractivity contribution is -0.117. The number of amides is 1. The van der Waals surface area contributed by atoms with Crippen molar-refractivity contribution in [3.8, 4) is 11.5 Å². The van der Waals surface area contributed by atoms with Crippen LogP contribution in [-0.2, 0) is 4.79 Å². The van der Waals surface area contributed by atoms with Gasteiger partial charge in [0.2, 0.25) is 0 Å². The van der Waals surface area contributed by atoms with Crippen LogP contribution in [0.25, 0.3) is 10.9 Å². The number of aromatic amines is 1. The third-order valence-corrected chi connectivity index (χ3v) is 4.95. The third-order valence-electron chi connectivity index (χ3n) is 4.95. The molecule has 0 saturated heterocycles. The van der Waals surface area contributed by atoms with E-state index in [2.05, 4.69) is 10.3 Å². The number of nitrogens with one attached hydrogen (secondary N) is 2. The van der Waals surface area contributed by atoms with Gasteiger partial charge >= 0.3 is 0 Å². The van der Waals surface area contributed by atoms with Crippen LogP contribution in [0.2, 0.25) is 0 Å². The number of ether oxygens (including phenoxy) is 2. The average molecular weight is 378 g/mol. The van der Waals surface area contributed by atoms with Crippen molar-refractivity contribution in [2.24, 2.45) is 0 Å². The molecule has 4 rings (SSSR count). The van der Waals surface area contributed by atoms with Crippen LogP contribution < -0.4 is 14.8 Å². The quantitative estimate of drug-likeness (QED) is 0.536. The normalized spacial score (nSPS) is 14.4. The molecule has 28 heavy (non-hydrogen) atoms. The minimum Gasteiger partial charge on any atom is -0.490 e. The summed E-state index contributed by atoms with van der Waals surface area (Å²) < 4.78 is 11.3. The molecular weight excluding hydrogens is 356 g/mol. The van der Waals surface area contributed by atoms with Crippen LogP contribution in [0.5, 0.6) is 11.5 Å². The fourth-order valence-electron chi connectivity index (χ4n) is 3.48. The van der Waals surface area contributed by atoms with Gasteiger partial charge in [0.05, 0.1) is 24.8 Å². The molecule has 2 heterocycles. The topological polar surface area (TPSA) is 80.4 Å². The van der Waals surface area contributed by atoms with Crippen LogP contribution in [0.1, 0.15) is 41.0 Å². The zero-order chi connectivity index (χ0) is 19.7. The first-order valence-corrected chi connectivity index (χ1v) is 9.36. The second kappa shape index (κ2) is 7.38. The number of para-hydroxylation sites is 1. The number of benzene rings is 2. The molecule has 0 spiro atoms. The molecule has 1 aromatic heterocycles. The highest BCUT2D eigenvalue weighted by Gasteiger charge is 2.24. The molecule has 1 aliphatic rings. The number of hydrogen-bond acceptors (Lipinski definition) is 4. The Bertz CT molecular complexity index is 1050. The standard InChI is InChI=1S/C22H22N2O4/c1-13(15-8-9-18-19(12-15)28-11-5-10-27-18)24-22(26)21(25)20-14(2)23-17-7-4-3-6-16(17)20/h3-4,6-9,12-13,23H,5,10-11H2,1-2H3,(H,24,26)/t13-/m0/s1. The number of aromatic nitrogens is 1. The molecule has 3 aromatic rings. The zero-order valence-electron chi connectivity index (χ0n) is 15.9. The molecule has 0 radical (unpaired) electrons. The van der Waals surface area contributed by atoms with Gasteiger partial charge in [-0.1, -0.05) is 24.3 Å². The zero-order valence-corrected chi connectivity index (χ0v) is 15.9. The van der Waals surface area contributed by atoms with E-state index in [1.165, 1.54) is 0 Å². The highest BCUT2D eigenvalue weighted by Crippen LogP contribution is 2.32. The number of rotatable bonds is 4. The second-order valence-electron chi connectivity index (χ2n) is 6.95. The van der Waals surface area contributed by atoms with E-state index in [0.717, 1.165) is 22.9 Å². The highest BCUT2D eigenvalue weighted by atomic mass is 16.5. The molecular formula is C22H22N2O4. The number of aryl methyl sites for hydroxylation is 1. The fourth-order valence-corrected chi connectivity index (χ4v) is 3.48. The molecule has 1 amide bonds. The third kappa shape index (κ3) is 3.33. The van der Waals surface area contributed by atoms with E-state index in [1.54, 1.807) is 6.92 Å². The Morgan fingerprint density at radius 3 is 2.64 bits per heavy atom. The lowest BCUT2D eigenvalue weighted by Gasteiger charge is -2.16. The monoisotopic (exact) mass is 378 g/mol. The van der Waals surface area contributed by atoms with Crippen molar-refractivity contribution in [1.29, 1.82) is 0 Å². The van der Waals surface area contributed by atoms with Gasteiger partial charge in [-0.25, -0.2) is 0 Å². The SMILES string of the molecule is Cc1[nH]c2ccccc2c1C(=O)C(=O)N[C@@H](C)c1ccc2c(c1)OCCCO2. The Morgan fingerprint density at radius 1 is 1.07 bits per heavy atom. The van der Waals surface area contributed by atoms with Crippen LogP contribution in [0.15, 0.2) is 42.5 Å². The van der Waals surface area contributed by atoms with Gasteiger partial charge in [0.1, 0.15) is 0 Å². The van der Waals surface area contributed by atoms with Crippen molar-refractivity contribution in [3.05, 3.63) is 59.3 Å². The predicted molar refractivity (Wildman–Crippen MR) is 106 cm³/mol. The number of carbonyl (C=O) groups is 2. The second-order valence-corrected chi connectivity index (χ2v) is 6.95. The van der Waals surface area contributed by atoms with E-state index in [1.807, 2.05) is 49.4 Å². The maximum atomic E-state index is 12.8. The van der Waals surface area contributed by atoms with Gasteiger partial charge in [-0.05, 0) is 37.6 Å². The van der Waals surface area contributed by atoms with Gasteiger partial charge in [0.15, 0.2) is 11.5 Å². The predicted octanol–water partition coefficient (Wildman–Crippen LogP) is 3.70. The molecule has 0 aliphatic carbocycles. The van der Waals surface area contributed by atoms with Gasteiger partial charge in [0.25, 0.3) is 11.7 Å². The van der Waals surface area contributed by atoms with E-state index in [-0.39, 0.29) is 6.04 Å². The first kappa shape index (κ1) is 18.1. The first-order chi connectivity index (χ1) is 13.5. The number of fused-ring (bicyclic) bond motifs is 2.